The Morgan fingerprint density at radius 2 is 1.82 bits per heavy atom. The predicted molar refractivity (Wildman–Crippen MR) is 154 cm³/mol. The second-order valence-electron chi connectivity index (χ2n) is 11.0. The Morgan fingerprint density at radius 3 is 2.58 bits per heavy atom. The number of fused-ring (bicyclic) bond motifs is 2. The largest absolute Gasteiger partial charge is 0.369 e. The number of aromatic nitrogens is 2. The van der Waals surface area contributed by atoms with Gasteiger partial charge in [-0.25, -0.2) is 17.7 Å². The van der Waals surface area contributed by atoms with Crippen molar-refractivity contribution in [2.75, 3.05) is 42.1 Å². The van der Waals surface area contributed by atoms with Gasteiger partial charge >= 0.3 is 0 Å². The molecule has 38 heavy (non-hydrogen) atoms. The second-order valence-corrected chi connectivity index (χ2v) is 13.2. The highest BCUT2D eigenvalue weighted by Gasteiger charge is 2.28. The van der Waals surface area contributed by atoms with Crippen molar-refractivity contribution >= 4 is 32.4 Å². The lowest BCUT2D eigenvalue weighted by Gasteiger charge is -2.31. The SMILES string of the molecule is CCS(=O)(=O)N1CCC(Nc2cc(-c3ccc4nc5c(c(N6CC[C@H](N)C6)c4c3)CCCC5)ccn2)CC1. The van der Waals surface area contributed by atoms with Crippen molar-refractivity contribution in [3.63, 3.8) is 0 Å². The summed E-state index contributed by atoms with van der Waals surface area (Å²) >= 11 is 0. The predicted octanol–water partition coefficient (Wildman–Crippen LogP) is 3.94. The number of anilines is 2. The Morgan fingerprint density at radius 1 is 1.03 bits per heavy atom. The van der Waals surface area contributed by atoms with Crippen molar-refractivity contribution in [2.24, 2.45) is 5.73 Å². The van der Waals surface area contributed by atoms with Gasteiger partial charge in [0.15, 0.2) is 0 Å². The molecule has 2 aliphatic heterocycles. The first-order chi connectivity index (χ1) is 18.4. The molecule has 6 rings (SSSR count). The van der Waals surface area contributed by atoms with Gasteiger partial charge in [0.2, 0.25) is 10.0 Å². The van der Waals surface area contributed by atoms with Gasteiger partial charge < -0.3 is 16.0 Å². The standard InChI is InChI=1S/C29H38N6O2S/c1-2-38(36,37)35-15-11-23(12-16-35)32-28-18-21(9-13-31-28)20-7-8-27-25(17-20)29(34-14-10-22(30)19-34)24-5-3-4-6-26(24)33-27/h7-9,13,17-18,22-23H,2-6,10-12,14-16,19,30H2,1H3,(H,31,32)/t22-/m0/s1. The minimum Gasteiger partial charge on any atom is -0.369 e. The highest BCUT2D eigenvalue weighted by molar-refractivity contribution is 7.89. The van der Waals surface area contributed by atoms with E-state index in [1.165, 1.54) is 35.2 Å². The van der Waals surface area contributed by atoms with Gasteiger partial charge in [0, 0.05) is 55.5 Å². The fourth-order valence-electron chi connectivity index (χ4n) is 6.29. The Bertz CT molecular complexity index is 1430. The number of hydrogen-bond acceptors (Lipinski definition) is 7. The van der Waals surface area contributed by atoms with Crippen LogP contribution in [-0.4, -0.2) is 66.7 Å². The molecule has 2 aromatic heterocycles. The summed E-state index contributed by atoms with van der Waals surface area (Å²) < 4.78 is 26.0. The maximum atomic E-state index is 12.2. The van der Waals surface area contributed by atoms with E-state index in [2.05, 4.69) is 45.5 Å². The van der Waals surface area contributed by atoms with E-state index in [-0.39, 0.29) is 17.8 Å². The van der Waals surface area contributed by atoms with Crippen LogP contribution in [0.15, 0.2) is 36.5 Å². The summed E-state index contributed by atoms with van der Waals surface area (Å²) in [4.78, 5) is 12.2. The molecular weight excluding hydrogens is 496 g/mol. The van der Waals surface area contributed by atoms with E-state index in [9.17, 15) is 8.42 Å². The van der Waals surface area contributed by atoms with E-state index in [1.54, 1.807) is 11.2 Å². The summed E-state index contributed by atoms with van der Waals surface area (Å²) in [5.74, 6) is 0.985. The summed E-state index contributed by atoms with van der Waals surface area (Å²) in [5.41, 5.74) is 13.7. The van der Waals surface area contributed by atoms with Gasteiger partial charge in [-0.1, -0.05) is 6.07 Å². The number of nitrogens with two attached hydrogens (primary N) is 1. The molecule has 0 bridgehead atoms. The molecule has 3 aliphatic rings. The summed E-state index contributed by atoms with van der Waals surface area (Å²) in [6.45, 7) is 4.71. The zero-order valence-corrected chi connectivity index (χ0v) is 23.0. The van der Waals surface area contributed by atoms with Gasteiger partial charge in [-0.05, 0) is 92.8 Å². The number of sulfonamides is 1. The van der Waals surface area contributed by atoms with Crippen LogP contribution in [0.1, 0.15) is 50.3 Å². The van der Waals surface area contributed by atoms with E-state index in [0.717, 1.165) is 67.7 Å². The van der Waals surface area contributed by atoms with E-state index in [0.29, 0.717) is 13.1 Å². The molecule has 0 spiro atoms. The third-order valence-corrected chi connectivity index (χ3v) is 10.3. The molecule has 2 saturated heterocycles. The van der Waals surface area contributed by atoms with Crippen LogP contribution in [0.3, 0.4) is 0 Å². The number of nitrogens with zero attached hydrogens (tertiary/aromatic N) is 4. The van der Waals surface area contributed by atoms with Gasteiger partial charge in [-0.15, -0.1) is 0 Å². The van der Waals surface area contributed by atoms with Gasteiger partial charge in [-0.3, -0.25) is 4.98 Å². The molecule has 1 aromatic carbocycles. The maximum Gasteiger partial charge on any atom is 0.213 e. The van der Waals surface area contributed by atoms with E-state index in [4.69, 9.17) is 10.7 Å². The van der Waals surface area contributed by atoms with Crippen molar-refractivity contribution in [2.45, 2.75) is 64.0 Å². The fraction of sp³-hybridized carbons (Fsp3) is 0.517. The monoisotopic (exact) mass is 534 g/mol. The lowest BCUT2D eigenvalue weighted by atomic mass is 9.91. The van der Waals surface area contributed by atoms with Crippen molar-refractivity contribution in [1.29, 1.82) is 0 Å². The quantitative estimate of drug-likeness (QED) is 0.494. The van der Waals surface area contributed by atoms with Crippen molar-refractivity contribution in [1.82, 2.24) is 14.3 Å². The zero-order chi connectivity index (χ0) is 26.3. The van der Waals surface area contributed by atoms with Crippen LogP contribution in [0, 0.1) is 0 Å². The van der Waals surface area contributed by atoms with Crippen LogP contribution in [0.4, 0.5) is 11.5 Å². The second kappa shape index (κ2) is 10.4. The summed E-state index contributed by atoms with van der Waals surface area (Å²) in [6, 6.07) is 11.2. The third-order valence-electron chi connectivity index (χ3n) is 8.43. The Balaban J connectivity index is 1.28. The van der Waals surface area contributed by atoms with Crippen molar-refractivity contribution in [3.8, 4) is 11.1 Å². The van der Waals surface area contributed by atoms with E-state index in [1.807, 2.05) is 6.20 Å². The molecule has 3 aromatic rings. The number of pyridine rings is 2. The molecule has 202 valence electrons. The summed E-state index contributed by atoms with van der Waals surface area (Å²) in [5, 5.41) is 4.77. The molecule has 8 nitrogen and oxygen atoms in total. The van der Waals surface area contributed by atoms with Crippen LogP contribution in [0.25, 0.3) is 22.0 Å². The average Bonchev–Trinajstić information content (AvgIpc) is 3.37. The Hall–Kier alpha value is -2.75. The maximum absolute atomic E-state index is 12.2. The smallest absolute Gasteiger partial charge is 0.213 e. The molecule has 0 unspecified atom stereocenters. The number of piperidine rings is 1. The molecule has 1 atom stereocenters. The number of hydrogen-bond donors (Lipinski definition) is 2. The number of benzene rings is 1. The highest BCUT2D eigenvalue weighted by atomic mass is 32.2. The van der Waals surface area contributed by atoms with Gasteiger partial charge in [0.1, 0.15) is 5.82 Å². The lowest BCUT2D eigenvalue weighted by molar-refractivity contribution is 0.330. The summed E-state index contributed by atoms with van der Waals surface area (Å²) in [7, 11) is -3.12. The molecule has 4 heterocycles. The third kappa shape index (κ3) is 4.99. The average molecular weight is 535 g/mol. The molecule has 0 amide bonds. The molecule has 2 fully saturated rings. The molecule has 1 aliphatic carbocycles. The van der Waals surface area contributed by atoms with E-state index < -0.39 is 10.0 Å². The molecule has 9 heteroatoms. The van der Waals surface area contributed by atoms with E-state index >= 15 is 0 Å². The van der Waals surface area contributed by atoms with Crippen LogP contribution >= 0.6 is 0 Å². The molecule has 3 N–H and O–H groups in total. The van der Waals surface area contributed by atoms with Gasteiger partial charge in [0.25, 0.3) is 0 Å². The first-order valence-corrected chi connectivity index (χ1v) is 15.7. The highest BCUT2D eigenvalue weighted by Crippen LogP contribution is 2.39. The van der Waals surface area contributed by atoms with Crippen LogP contribution in [-0.2, 0) is 22.9 Å². The van der Waals surface area contributed by atoms with Crippen LogP contribution in [0.2, 0.25) is 0 Å². The zero-order valence-electron chi connectivity index (χ0n) is 22.2. The number of nitrogens with one attached hydrogen (secondary N) is 1. The number of aryl methyl sites for hydroxylation is 1. The van der Waals surface area contributed by atoms with Crippen molar-refractivity contribution in [3.05, 3.63) is 47.8 Å². The van der Waals surface area contributed by atoms with Crippen molar-refractivity contribution < 1.29 is 8.42 Å². The van der Waals surface area contributed by atoms with Gasteiger partial charge in [0.05, 0.1) is 17.0 Å². The number of rotatable bonds is 6. The summed E-state index contributed by atoms with van der Waals surface area (Å²) in [6.07, 6.45) is 9.01. The van der Waals surface area contributed by atoms with Gasteiger partial charge in [-0.2, -0.15) is 0 Å². The molecule has 0 radical (unpaired) electrons. The first-order valence-electron chi connectivity index (χ1n) is 14.1. The van der Waals surface area contributed by atoms with Crippen LogP contribution in [0.5, 0.6) is 0 Å². The minimum atomic E-state index is -3.12. The topological polar surface area (TPSA) is 104 Å². The first kappa shape index (κ1) is 25.5. The Labute approximate surface area is 225 Å². The minimum absolute atomic E-state index is 0.158. The Kier molecular flexibility index (Phi) is 7.01. The normalized spacial score (nSPS) is 21.1. The molecular formula is C29H38N6O2S. The lowest BCUT2D eigenvalue weighted by Crippen LogP contribution is -2.43. The fourth-order valence-corrected chi connectivity index (χ4v) is 7.42. The molecule has 0 saturated carbocycles. The van der Waals surface area contributed by atoms with Crippen LogP contribution < -0.4 is 16.0 Å².